The number of aryl methyl sites for hydroxylation is 2. The van der Waals surface area contributed by atoms with E-state index >= 15 is 0 Å². The highest BCUT2D eigenvalue weighted by Crippen LogP contribution is 2.41. The fourth-order valence-electron chi connectivity index (χ4n) is 3.93. The number of unbranched alkanes of at least 4 members (excludes halogenated alkanes) is 1. The summed E-state index contributed by atoms with van der Waals surface area (Å²) in [7, 11) is 5.92. The van der Waals surface area contributed by atoms with Crippen molar-refractivity contribution in [1.82, 2.24) is 0 Å². The Kier molecular flexibility index (Phi) is 10.6. The molecule has 0 spiro atoms. The smallest absolute Gasteiger partial charge is 0.303 e. The summed E-state index contributed by atoms with van der Waals surface area (Å²) in [4.78, 5) is 25.4. The van der Waals surface area contributed by atoms with Crippen LogP contribution in [0, 0.1) is 18.8 Å². The third-order valence-electron chi connectivity index (χ3n) is 5.62. The summed E-state index contributed by atoms with van der Waals surface area (Å²) in [5, 5.41) is 19.2. The number of carboxylic acids is 1. The Morgan fingerprint density at radius 1 is 1.33 bits per heavy atom. The number of carbonyl (C=O) groups is 2. The van der Waals surface area contributed by atoms with Gasteiger partial charge in [-0.2, -0.15) is 0 Å². The molecule has 2 N–H and O–H groups in total. The highest BCUT2D eigenvalue weighted by molar-refractivity contribution is 9.10. The van der Waals surface area contributed by atoms with Crippen LogP contribution in [0.2, 0.25) is 6.32 Å². The van der Waals surface area contributed by atoms with E-state index in [1.165, 1.54) is 9.75 Å². The second-order valence-electron chi connectivity index (χ2n) is 7.90. The van der Waals surface area contributed by atoms with Gasteiger partial charge in [0.2, 0.25) is 0 Å². The van der Waals surface area contributed by atoms with Crippen molar-refractivity contribution in [3.63, 3.8) is 0 Å². The molecule has 2 radical (unpaired) electrons. The molecule has 2 rings (SSSR count). The van der Waals surface area contributed by atoms with Gasteiger partial charge in [0, 0.05) is 39.4 Å². The third-order valence-corrected chi connectivity index (χ3v) is 7.81. The number of aliphatic hydroxyl groups is 1. The number of halogens is 1. The van der Waals surface area contributed by atoms with Gasteiger partial charge < -0.3 is 10.2 Å². The molecular formula is C23H30BBrO4S. The number of aliphatic hydroxyl groups excluding tert-OH is 1. The van der Waals surface area contributed by atoms with E-state index in [0.717, 1.165) is 16.5 Å². The SMILES string of the molecule is [B]C[C@@H]1CC(O)[C@H](CC=CCCCC(=O)O)C1=CCC(=O)CCc1cc(Br)c(C)s1. The molecule has 30 heavy (non-hydrogen) atoms. The van der Waals surface area contributed by atoms with Crippen molar-refractivity contribution in [3.8, 4) is 0 Å². The fraction of sp³-hybridized carbons (Fsp3) is 0.565. The molecule has 7 heteroatoms. The van der Waals surface area contributed by atoms with Gasteiger partial charge in [0.25, 0.3) is 0 Å². The van der Waals surface area contributed by atoms with Crippen LogP contribution in [0.4, 0.5) is 0 Å². The van der Waals surface area contributed by atoms with Crippen molar-refractivity contribution in [2.45, 2.75) is 70.7 Å². The van der Waals surface area contributed by atoms with Gasteiger partial charge >= 0.3 is 5.97 Å². The lowest BCUT2D eigenvalue weighted by Crippen LogP contribution is -2.13. The average Bonchev–Trinajstić information content (AvgIpc) is 3.19. The molecule has 1 aromatic heterocycles. The Labute approximate surface area is 193 Å². The third kappa shape index (κ3) is 7.82. The van der Waals surface area contributed by atoms with Crippen LogP contribution in [0.15, 0.2) is 34.3 Å². The van der Waals surface area contributed by atoms with Crippen LogP contribution in [-0.2, 0) is 16.0 Å². The van der Waals surface area contributed by atoms with E-state index in [1.54, 1.807) is 11.3 Å². The highest BCUT2D eigenvalue weighted by atomic mass is 79.9. The van der Waals surface area contributed by atoms with Crippen LogP contribution in [0.25, 0.3) is 0 Å². The molecule has 1 heterocycles. The molecule has 0 aliphatic heterocycles. The standard InChI is InChI=1S/C23H30BBrO4S/c1-15-21(25)13-18(30-15)10-8-17(26)9-11-19-16(14-24)12-22(27)20(19)6-4-2-3-5-7-23(28)29/h2,4,11,13,16,20,22,27H,3,5-10,12,14H2,1H3,(H,28,29)/t16-,20+,22?/m0/s1. The Hall–Kier alpha value is -1.18. The van der Waals surface area contributed by atoms with Gasteiger partial charge in [-0.25, -0.2) is 0 Å². The minimum Gasteiger partial charge on any atom is -0.481 e. The summed E-state index contributed by atoms with van der Waals surface area (Å²) < 4.78 is 1.10. The van der Waals surface area contributed by atoms with E-state index in [-0.39, 0.29) is 24.0 Å². The maximum atomic E-state index is 12.4. The number of ketones is 1. The number of thiophene rings is 1. The van der Waals surface area contributed by atoms with E-state index in [1.807, 2.05) is 18.2 Å². The van der Waals surface area contributed by atoms with Crippen LogP contribution in [0.1, 0.15) is 54.7 Å². The molecule has 162 valence electrons. The number of carboxylic acid groups (broad SMARTS) is 1. The zero-order valence-electron chi connectivity index (χ0n) is 17.5. The predicted molar refractivity (Wildman–Crippen MR) is 126 cm³/mol. The van der Waals surface area contributed by atoms with Crippen molar-refractivity contribution in [2.75, 3.05) is 0 Å². The summed E-state index contributed by atoms with van der Waals surface area (Å²) in [6, 6.07) is 2.09. The highest BCUT2D eigenvalue weighted by Gasteiger charge is 2.35. The minimum atomic E-state index is -0.780. The van der Waals surface area contributed by atoms with Crippen molar-refractivity contribution < 1.29 is 19.8 Å². The van der Waals surface area contributed by atoms with Crippen molar-refractivity contribution in [3.05, 3.63) is 44.1 Å². The lowest BCUT2D eigenvalue weighted by Gasteiger charge is -2.16. The van der Waals surface area contributed by atoms with Gasteiger partial charge in [0.05, 0.1) is 14.0 Å². The molecule has 1 aliphatic carbocycles. The van der Waals surface area contributed by atoms with Gasteiger partial charge in [-0.3, -0.25) is 9.59 Å². The monoisotopic (exact) mass is 492 g/mol. The van der Waals surface area contributed by atoms with Crippen LogP contribution in [0.3, 0.4) is 0 Å². The largest absolute Gasteiger partial charge is 0.481 e. The summed E-state index contributed by atoms with van der Waals surface area (Å²) in [6.45, 7) is 2.06. The second-order valence-corrected chi connectivity index (χ2v) is 10.1. The van der Waals surface area contributed by atoms with Gasteiger partial charge in [-0.1, -0.05) is 30.1 Å². The first-order valence-corrected chi connectivity index (χ1v) is 12.1. The number of hydrogen-bond donors (Lipinski definition) is 2. The lowest BCUT2D eigenvalue weighted by molar-refractivity contribution is -0.137. The van der Waals surface area contributed by atoms with Gasteiger partial charge in [0.15, 0.2) is 0 Å². The van der Waals surface area contributed by atoms with Crippen molar-refractivity contribution in [2.24, 2.45) is 11.8 Å². The molecule has 0 amide bonds. The fourth-order valence-corrected chi connectivity index (χ4v) is 5.53. The number of rotatable bonds is 12. The van der Waals surface area contributed by atoms with E-state index in [4.69, 9.17) is 13.0 Å². The van der Waals surface area contributed by atoms with Crippen LogP contribution in [-0.4, -0.2) is 35.9 Å². The summed E-state index contributed by atoms with van der Waals surface area (Å²) >= 11 is 5.23. The van der Waals surface area contributed by atoms with Gasteiger partial charge in [0.1, 0.15) is 5.78 Å². The first-order chi connectivity index (χ1) is 14.3. The molecule has 4 nitrogen and oxygen atoms in total. The first-order valence-electron chi connectivity index (χ1n) is 10.5. The Bertz CT molecular complexity index is 767. The number of hydrogen-bond acceptors (Lipinski definition) is 4. The number of allylic oxidation sites excluding steroid dienone is 3. The number of aliphatic carboxylic acids is 1. The van der Waals surface area contributed by atoms with E-state index in [2.05, 4.69) is 28.9 Å². The van der Waals surface area contributed by atoms with Crippen molar-refractivity contribution in [1.29, 1.82) is 0 Å². The molecular weight excluding hydrogens is 463 g/mol. The van der Waals surface area contributed by atoms with Crippen LogP contribution in [0.5, 0.6) is 0 Å². The van der Waals surface area contributed by atoms with Crippen LogP contribution < -0.4 is 0 Å². The minimum absolute atomic E-state index is 0.0158. The zero-order valence-corrected chi connectivity index (χ0v) is 19.9. The zero-order chi connectivity index (χ0) is 22.1. The van der Waals surface area contributed by atoms with E-state index in [0.29, 0.717) is 44.8 Å². The van der Waals surface area contributed by atoms with Gasteiger partial charge in [-0.05, 0) is 66.9 Å². The molecule has 1 aromatic rings. The Morgan fingerprint density at radius 2 is 2.10 bits per heavy atom. The molecule has 1 fully saturated rings. The number of Topliss-reactive ketones (excluding diaryl/α,β-unsaturated/α-hetero) is 1. The molecule has 1 aliphatic rings. The Balaban J connectivity index is 1.89. The Morgan fingerprint density at radius 3 is 2.73 bits per heavy atom. The molecule has 0 bridgehead atoms. The average molecular weight is 493 g/mol. The molecule has 0 aromatic carbocycles. The molecule has 1 saturated carbocycles. The normalized spacial score (nSPS) is 22.9. The summed E-state index contributed by atoms with van der Waals surface area (Å²) in [5.74, 6) is -0.478. The molecule has 1 unspecified atom stereocenters. The van der Waals surface area contributed by atoms with Crippen LogP contribution >= 0.6 is 27.3 Å². The molecule has 0 saturated heterocycles. The number of carbonyl (C=O) groups excluding carboxylic acids is 1. The first kappa shape index (κ1) is 25.1. The van der Waals surface area contributed by atoms with E-state index in [9.17, 15) is 14.7 Å². The molecule has 3 atom stereocenters. The topological polar surface area (TPSA) is 74.6 Å². The maximum absolute atomic E-state index is 12.4. The maximum Gasteiger partial charge on any atom is 0.303 e. The van der Waals surface area contributed by atoms with Crippen molar-refractivity contribution >= 4 is 46.9 Å². The summed E-state index contributed by atoms with van der Waals surface area (Å²) in [6.07, 6.45) is 10.5. The quantitative estimate of drug-likeness (QED) is 0.232. The second kappa shape index (κ2) is 12.6. The predicted octanol–water partition coefficient (Wildman–Crippen LogP) is 5.42. The van der Waals surface area contributed by atoms with Gasteiger partial charge in [-0.15, -0.1) is 11.3 Å². The summed E-state index contributed by atoms with van der Waals surface area (Å²) in [5.41, 5.74) is 1.10. The lowest BCUT2D eigenvalue weighted by atomic mass is 9.84. The van der Waals surface area contributed by atoms with E-state index < -0.39 is 12.1 Å².